The first kappa shape index (κ1) is 22.8. The molecule has 0 radical (unpaired) electrons. The second kappa shape index (κ2) is 9.82. The van der Waals surface area contributed by atoms with Crippen LogP contribution in [0.4, 0.5) is 0 Å². The molecule has 9 nitrogen and oxygen atoms in total. The molecular weight excluding hydrogens is 390 g/mol. The number of aryl methyl sites for hydroxylation is 2. The van der Waals surface area contributed by atoms with Crippen molar-refractivity contribution < 1.29 is 23.8 Å². The van der Waals surface area contributed by atoms with E-state index >= 15 is 0 Å². The maximum absolute atomic E-state index is 12.6. The summed E-state index contributed by atoms with van der Waals surface area (Å²) in [6, 6.07) is 3.99. The van der Waals surface area contributed by atoms with Crippen LogP contribution in [0.3, 0.4) is 0 Å². The van der Waals surface area contributed by atoms with Crippen LogP contribution in [0, 0.1) is 13.8 Å². The highest BCUT2D eigenvalue weighted by Crippen LogP contribution is 2.38. The van der Waals surface area contributed by atoms with Crippen molar-refractivity contribution in [2.45, 2.75) is 33.4 Å². The molecule has 2 amide bonds. The second-order valence-electron chi connectivity index (χ2n) is 6.77. The average molecular weight is 417 g/mol. The Morgan fingerprint density at radius 1 is 1.03 bits per heavy atom. The van der Waals surface area contributed by atoms with E-state index in [9.17, 15) is 14.4 Å². The number of pyridine rings is 1. The largest absolute Gasteiger partial charge is 0.493 e. The molecule has 0 unspecified atom stereocenters. The number of aromatic amines is 1. The quantitative estimate of drug-likeness (QED) is 0.598. The van der Waals surface area contributed by atoms with E-state index in [1.807, 2.05) is 6.07 Å². The number of aromatic nitrogens is 1. The van der Waals surface area contributed by atoms with Crippen molar-refractivity contribution in [2.24, 2.45) is 0 Å². The van der Waals surface area contributed by atoms with E-state index in [0.29, 0.717) is 22.8 Å². The maximum atomic E-state index is 12.6. The SMILES string of the molecule is COc1cc(C(=O)N[C@@H](C)C(=O)NCc2c(C)cc(C)[nH]c2=O)cc(OC)c1OC. The molecule has 1 aromatic carbocycles. The molecule has 0 fully saturated rings. The smallest absolute Gasteiger partial charge is 0.253 e. The van der Waals surface area contributed by atoms with Gasteiger partial charge in [-0.3, -0.25) is 14.4 Å². The predicted molar refractivity (Wildman–Crippen MR) is 111 cm³/mol. The van der Waals surface area contributed by atoms with Gasteiger partial charge in [0.2, 0.25) is 11.7 Å². The third kappa shape index (κ3) is 5.11. The summed E-state index contributed by atoms with van der Waals surface area (Å²) in [7, 11) is 4.36. The summed E-state index contributed by atoms with van der Waals surface area (Å²) in [6.45, 7) is 5.21. The molecule has 0 saturated carbocycles. The molecule has 0 aliphatic rings. The Hall–Kier alpha value is -3.49. The molecule has 0 spiro atoms. The van der Waals surface area contributed by atoms with Gasteiger partial charge in [-0.2, -0.15) is 0 Å². The van der Waals surface area contributed by atoms with Gasteiger partial charge in [0.1, 0.15) is 6.04 Å². The van der Waals surface area contributed by atoms with E-state index in [4.69, 9.17) is 14.2 Å². The van der Waals surface area contributed by atoms with Gasteiger partial charge in [-0.1, -0.05) is 0 Å². The lowest BCUT2D eigenvalue weighted by atomic mass is 10.1. The molecule has 9 heteroatoms. The molecule has 1 heterocycles. The Balaban J connectivity index is 2.08. The number of methoxy groups -OCH3 is 3. The minimum atomic E-state index is -0.832. The number of carbonyl (C=O) groups excluding carboxylic acids is 2. The lowest BCUT2D eigenvalue weighted by Gasteiger charge is -2.17. The Kier molecular flexibility index (Phi) is 7.46. The Labute approximate surface area is 174 Å². The highest BCUT2D eigenvalue weighted by Gasteiger charge is 2.21. The predicted octanol–water partition coefficient (Wildman–Crippen LogP) is 1.45. The number of benzene rings is 1. The third-order valence-electron chi connectivity index (χ3n) is 4.60. The summed E-state index contributed by atoms with van der Waals surface area (Å²) in [4.78, 5) is 39.8. The van der Waals surface area contributed by atoms with Crippen LogP contribution in [0.5, 0.6) is 17.2 Å². The van der Waals surface area contributed by atoms with E-state index in [1.54, 1.807) is 20.8 Å². The highest BCUT2D eigenvalue weighted by molar-refractivity contribution is 5.98. The molecule has 162 valence electrons. The Morgan fingerprint density at radius 3 is 2.13 bits per heavy atom. The van der Waals surface area contributed by atoms with Gasteiger partial charge in [0, 0.05) is 23.4 Å². The van der Waals surface area contributed by atoms with Gasteiger partial charge in [0.15, 0.2) is 11.5 Å². The van der Waals surface area contributed by atoms with Crippen LogP contribution in [0.25, 0.3) is 0 Å². The normalized spacial score (nSPS) is 11.4. The van der Waals surface area contributed by atoms with Gasteiger partial charge in [0.25, 0.3) is 11.5 Å². The zero-order chi connectivity index (χ0) is 22.4. The zero-order valence-corrected chi connectivity index (χ0v) is 18.0. The van der Waals surface area contributed by atoms with Crippen molar-refractivity contribution in [1.29, 1.82) is 0 Å². The van der Waals surface area contributed by atoms with Crippen molar-refractivity contribution in [1.82, 2.24) is 15.6 Å². The molecular formula is C21H27N3O6. The van der Waals surface area contributed by atoms with Crippen LogP contribution >= 0.6 is 0 Å². The molecule has 3 N–H and O–H groups in total. The van der Waals surface area contributed by atoms with Crippen LogP contribution in [0.2, 0.25) is 0 Å². The fourth-order valence-electron chi connectivity index (χ4n) is 2.99. The topological polar surface area (TPSA) is 119 Å². The van der Waals surface area contributed by atoms with Gasteiger partial charge >= 0.3 is 0 Å². The average Bonchev–Trinajstić information content (AvgIpc) is 2.71. The number of hydrogen-bond donors (Lipinski definition) is 3. The van der Waals surface area contributed by atoms with Crippen molar-refractivity contribution in [3.05, 3.63) is 50.9 Å². The number of amides is 2. The van der Waals surface area contributed by atoms with Gasteiger partial charge in [-0.25, -0.2) is 0 Å². The lowest BCUT2D eigenvalue weighted by molar-refractivity contribution is -0.122. The number of hydrogen-bond acceptors (Lipinski definition) is 6. The number of carbonyl (C=O) groups is 2. The van der Waals surface area contributed by atoms with Crippen LogP contribution in [0.15, 0.2) is 23.0 Å². The fourth-order valence-corrected chi connectivity index (χ4v) is 2.99. The van der Waals surface area contributed by atoms with E-state index in [0.717, 1.165) is 11.3 Å². The van der Waals surface area contributed by atoms with E-state index in [-0.39, 0.29) is 17.7 Å². The molecule has 0 saturated heterocycles. The number of nitrogens with one attached hydrogen (secondary N) is 3. The van der Waals surface area contributed by atoms with E-state index in [2.05, 4.69) is 15.6 Å². The van der Waals surface area contributed by atoms with Gasteiger partial charge < -0.3 is 29.8 Å². The Morgan fingerprint density at radius 2 is 1.63 bits per heavy atom. The number of H-pyrrole nitrogens is 1. The minimum Gasteiger partial charge on any atom is -0.493 e. The minimum absolute atomic E-state index is 0.0602. The van der Waals surface area contributed by atoms with Crippen molar-refractivity contribution in [3.8, 4) is 17.2 Å². The molecule has 0 aliphatic heterocycles. The summed E-state index contributed by atoms with van der Waals surface area (Å²) >= 11 is 0. The highest BCUT2D eigenvalue weighted by atomic mass is 16.5. The molecule has 2 aromatic rings. The van der Waals surface area contributed by atoms with Crippen LogP contribution in [-0.4, -0.2) is 44.2 Å². The first-order valence-electron chi connectivity index (χ1n) is 9.29. The monoisotopic (exact) mass is 417 g/mol. The molecule has 1 atom stereocenters. The summed E-state index contributed by atoms with van der Waals surface area (Å²) in [5.74, 6) is 0.110. The van der Waals surface area contributed by atoms with Crippen LogP contribution in [-0.2, 0) is 11.3 Å². The molecule has 0 aliphatic carbocycles. The van der Waals surface area contributed by atoms with Gasteiger partial charge in [0.05, 0.1) is 21.3 Å². The molecule has 30 heavy (non-hydrogen) atoms. The van der Waals surface area contributed by atoms with Crippen molar-refractivity contribution >= 4 is 11.8 Å². The number of ether oxygens (including phenoxy) is 3. The van der Waals surface area contributed by atoms with Gasteiger partial charge in [-0.15, -0.1) is 0 Å². The van der Waals surface area contributed by atoms with Crippen LogP contribution in [0.1, 0.15) is 34.1 Å². The summed E-state index contributed by atoms with van der Waals surface area (Å²) < 4.78 is 15.7. The maximum Gasteiger partial charge on any atom is 0.253 e. The first-order valence-corrected chi connectivity index (χ1v) is 9.29. The lowest BCUT2D eigenvalue weighted by Crippen LogP contribution is -2.45. The summed E-state index contributed by atoms with van der Waals surface area (Å²) in [5, 5.41) is 5.30. The summed E-state index contributed by atoms with van der Waals surface area (Å²) in [5.41, 5.74) is 2.00. The molecule has 2 rings (SSSR count). The molecule has 0 bridgehead atoms. The third-order valence-corrected chi connectivity index (χ3v) is 4.60. The Bertz CT molecular complexity index is 974. The molecule has 1 aromatic heterocycles. The van der Waals surface area contributed by atoms with E-state index < -0.39 is 17.9 Å². The number of rotatable bonds is 8. The fraction of sp³-hybridized carbons (Fsp3) is 0.381. The standard InChI is InChI=1S/C21H27N3O6/c1-11-7-12(2)23-21(27)15(11)10-22-19(25)13(3)24-20(26)14-8-16(28-4)18(30-6)17(9-14)29-5/h7-9,13H,10H2,1-6H3,(H,22,25)(H,23,27)(H,24,26)/t13-/m0/s1. The van der Waals surface area contributed by atoms with Gasteiger partial charge in [-0.05, 0) is 44.5 Å². The first-order chi connectivity index (χ1) is 14.2. The zero-order valence-electron chi connectivity index (χ0n) is 18.0. The van der Waals surface area contributed by atoms with Crippen molar-refractivity contribution in [3.63, 3.8) is 0 Å². The second-order valence-corrected chi connectivity index (χ2v) is 6.77. The van der Waals surface area contributed by atoms with Crippen LogP contribution < -0.4 is 30.4 Å². The van der Waals surface area contributed by atoms with Crippen molar-refractivity contribution in [2.75, 3.05) is 21.3 Å². The summed E-state index contributed by atoms with van der Waals surface area (Å²) in [6.07, 6.45) is 0. The van der Waals surface area contributed by atoms with E-state index in [1.165, 1.54) is 33.5 Å².